The Labute approximate surface area is 759 Å². The van der Waals surface area contributed by atoms with Crippen molar-refractivity contribution in [2.45, 2.75) is 590 Å². The van der Waals surface area contributed by atoms with Crippen molar-refractivity contribution in [1.29, 1.82) is 0 Å². The molecule has 9 N–H and O–H groups in total. The summed E-state index contributed by atoms with van der Waals surface area (Å²) in [6, 6.07) is -3.47. The lowest BCUT2D eigenvalue weighted by atomic mass is 9.95. The van der Waals surface area contributed by atoms with Crippen LogP contribution in [-0.4, -0.2) is 170 Å². The molecule has 9 unspecified atom stereocenters. The fraction of sp³-hybridized carbons (Fsp3) is 0.940. The van der Waals surface area contributed by atoms with Crippen molar-refractivity contribution in [2.24, 2.45) is 0 Å². The van der Waals surface area contributed by atoms with Gasteiger partial charge in [0.05, 0.1) is 51.1 Å². The Kier molecular flexibility index (Phi) is 75.6. The number of ether oxygens (including phenoxy) is 7. The van der Waals surface area contributed by atoms with Crippen LogP contribution >= 0.6 is 7.82 Å². The van der Waals surface area contributed by atoms with Crippen LogP contribution in [0.3, 0.4) is 0 Å². The van der Waals surface area contributed by atoms with Gasteiger partial charge in [-0.1, -0.05) is 414 Å². The van der Waals surface area contributed by atoms with Crippen molar-refractivity contribution in [3.8, 4) is 0 Å². The van der Waals surface area contributed by atoms with Crippen molar-refractivity contribution < 1.29 is 106 Å². The van der Waals surface area contributed by atoms with Gasteiger partial charge in [0.2, 0.25) is 11.8 Å². The minimum Gasteiger partial charge on any atom is -0.462 e. The van der Waals surface area contributed by atoms with Gasteiger partial charge in [-0.05, 0) is 51.4 Å². The molecule has 736 valence electrons. The molecule has 25 heteroatoms. The average Bonchev–Trinajstić information content (AvgIpc) is 0.778. The molecule has 2 amide bonds. The molecule has 0 bridgehead atoms. The van der Waals surface area contributed by atoms with Crippen LogP contribution in [0.15, 0.2) is 0 Å². The van der Waals surface area contributed by atoms with E-state index in [1.807, 2.05) is 0 Å². The van der Waals surface area contributed by atoms with E-state index in [9.17, 15) is 68.7 Å². The van der Waals surface area contributed by atoms with Crippen molar-refractivity contribution in [2.75, 3.05) is 13.2 Å². The minimum absolute atomic E-state index is 0.116. The van der Waals surface area contributed by atoms with Crippen molar-refractivity contribution >= 4 is 43.5 Å². The molecule has 2 heterocycles. The third-order valence-corrected chi connectivity index (χ3v) is 25.6. The molecule has 0 aliphatic carbocycles. The van der Waals surface area contributed by atoms with Crippen LogP contribution in [0, 0.1) is 0 Å². The summed E-state index contributed by atoms with van der Waals surface area (Å²) in [5, 5.41) is 64.0. The number of amides is 2. The second kappa shape index (κ2) is 80.3. The average molecular weight is 1800 g/mol. The van der Waals surface area contributed by atoms with Gasteiger partial charge in [0.15, 0.2) is 24.8 Å². The maximum absolute atomic E-state index is 14.8. The summed E-state index contributed by atoms with van der Waals surface area (Å²) >= 11 is 0. The first kappa shape index (κ1) is 118. The summed E-state index contributed by atoms with van der Waals surface area (Å²) in [6.45, 7) is 11.3. The number of phosphoric ester groups is 1. The van der Waals surface area contributed by atoms with Gasteiger partial charge >= 0.3 is 31.7 Å². The minimum atomic E-state index is -5.59. The van der Waals surface area contributed by atoms with Gasteiger partial charge < -0.3 is 79.1 Å². The summed E-state index contributed by atoms with van der Waals surface area (Å²) in [4.78, 5) is 107. The number of unbranched alkanes of at least 4 members (excludes halogenated alkanes) is 56. The van der Waals surface area contributed by atoms with E-state index >= 15 is 0 Å². The molecular weight excluding hydrogens is 1610 g/mol. The molecule has 2 rings (SSSR count). The lowest BCUT2D eigenvalue weighted by Gasteiger charge is -2.46. The largest absolute Gasteiger partial charge is 0.470 e. The first-order valence-corrected chi connectivity index (χ1v) is 53.5. The Morgan fingerprint density at radius 1 is 0.336 bits per heavy atom. The zero-order valence-corrected chi connectivity index (χ0v) is 81.0. The Balaban J connectivity index is 2.64. The number of hydrogen-bond donors (Lipinski definition) is 9. The standard InChI is InChI=1S/C100H189N2O22P/c1-7-13-19-25-31-37-39-41-43-49-55-61-67-73-89(108)118-83(71-65-59-53-47-35-29-23-17-11-5)77-88(107)101-93-97(122-91(110)76-82(105)70-64-58-52-46-34-28-22-16-10-4)95(112)86(120-99(93)113)80-117-100-94(102-87(106)75-81(104)69-63-57-51-45-33-27-21-15-9-3)98(96(85(79-103)121-100)124-125(114,115)116)123-92(111)78-84(72-66-60-54-48-36-30-24-18-12-6)119-90(109)74-68-62-56-50-44-42-40-38-32-26-20-14-8-2/h81-86,93-100,103-105,112-113H,7-80H2,1-6H3,(H,101,107)(H,102,106)(H2,114,115,116)/t81?,82?,83?,84?,85?,86?,93?,94?,95-,96-,97-,98-,99?,100-/m1/s1. The van der Waals surface area contributed by atoms with Crippen LogP contribution in [-0.2, 0) is 71.0 Å². The number of carbonyl (C=O) groups excluding carboxylic acids is 6. The number of aliphatic hydroxyl groups is 5. The van der Waals surface area contributed by atoms with Gasteiger partial charge in [0, 0.05) is 12.8 Å². The Morgan fingerprint density at radius 3 is 0.984 bits per heavy atom. The van der Waals surface area contributed by atoms with Crippen LogP contribution in [0.5, 0.6) is 0 Å². The highest BCUT2D eigenvalue weighted by Gasteiger charge is 2.54. The molecule has 2 fully saturated rings. The van der Waals surface area contributed by atoms with Crippen LogP contribution < -0.4 is 10.6 Å². The van der Waals surface area contributed by atoms with E-state index in [0.29, 0.717) is 44.9 Å². The fourth-order valence-corrected chi connectivity index (χ4v) is 18.0. The number of rotatable bonds is 88. The summed E-state index contributed by atoms with van der Waals surface area (Å²) in [5.41, 5.74) is 0. The highest BCUT2D eigenvalue weighted by molar-refractivity contribution is 7.46. The van der Waals surface area contributed by atoms with Crippen LogP contribution in [0.1, 0.15) is 504 Å². The summed E-state index contributed by atoms with van der Waals surface area (Å²) in [5.74, 6) is -4.49. The molecule has 0 saturated carbocycles. The molecule has 14 atom stereocenters. The first-order valence-electron chi connectivity index (χ1n) is 52.0. The molecule has 2 saturated heterocycles. The predicted octanol–water partition coefficient (Wildman–Crippen LogP) is 22.8. The monoisotopic (exact) mass is 1800 g/mol. The predicted molar refractivity (Wildman–Crippen MR) is 497 cm³/mol. The number of esters is 4. The molecule has 2 aliphatic heterocycles. The SMILES string of the molecule is CCCCCCCCCCCCCCCC(=O)OC(CCCCCCCCCCC)CC(=O)NC1C(O)OC(CO[C@@H]2OC(CO)[C@@H](OP(=O)(O)O)[C@H](OC(=O)CC(CCCCCCCCCCC)OC(=O)CCCCCCCCCCCCCCC)C2NC(=O)CC(O)CCCCCCCCCCC)[C@@H](O)[C@@H]1OC(=O)CC(O)CCCCCCCCCCC. The molecule has 0 aromatic rings. The van der Waals surface area contributed by atoms with Gasteiger partial charge in [-0.25, -0.2) is 4.57 Å². The Morgan fingerprint density at radius 2 is 0.632 bits per heavy atom. The van der Waals surface area contributed by atoms with Gasteiger partial charge in [-0.2, -0.15) is 0 Å². The normalized spacial score (nSPS) is 20.1. The molecular formula is C100H189N2O22P. The van der Waals surface area contributed by atoms with Crippen LogP contribution in [0.4, 0.5) is 0 Å². The maximum atomic E-state index is 14.8. The molecule has 0 radical (unpaired) electrons. The van der Waals surface area contributed by atoms with Gasteiger partial charge in [0.1, 0.15) is 48.7 Å². The molecule has 125 heavy (non-hydrogen) atoms. The molecule has 0 aromatic carbocycles. The first-order chi connectivity index (χ1) is 60.6. The summed E-state index contributed by atoms with van der Waals surface area (Å²) in [7, 11) is -5.59. The highest BCUT2D eigenvalue weighted by Crippen LogP contribution is 2.43. The van der Waals surface area contributed by atoms with Crippen LogP contribution in [0.25, 0.3) is 0 Å². The van der Waals surface area contributed by atoms with E-state index in [4.69, 9.17) is 37.7 Å². The number of nitrogens with one attached hydrogen (secondary N) is 2. The molecule has 2 aliphatic rings. The smallest absolute Gasteiger partial charge is 0.462 e. The maximum Gasteiger partial charge on any atom is 0.470 e. The van der Waals surface area contributed by atoms with E-state index in [1.165, 1.54) is 154 Å². The van der Waals surface area contributed by atoms with Crippen molar-refractivity contribution in [3.05, 3.63) is 0 Å². The fourth-order valence-electron chi connectivity index (χ4n) is 17.4. The second-order valence-corrected chi connectivity index (χ2v) is 38.3. The van der Waals surface area contributed by atoms with Crippen LogP contribution in [0.2, 0.25) is 0 Å². The van der Waals surface area contributed by atoms with Crippen molar-refractivity contribution in [1.82, 2.24) is 10.6 Å². The topological polar surface area (TPSA) is 359 Å². The number of phosphoric acid groups is 1. The lowest BCUT2D eigenvalue weighted by molar-refractivity contribution is -0.298. The summed E-state index contributed by atoms with van der Waals surface area (Å²) in [6.07, 6.45) is 46.5. The Hall–Kier alpha value is -3.39. The van der Waals surface area contributed by atoms with Crippen molar-refractivity contribution in [3.63, 3.8) is 0 Å². The highest BCUT2D eigenvalue weighted by atomic mass is 31.2. The van der Waals surface area contributed by atoms with E-state index in [-0.39, 0.29) is 38.5 Å². The van der Waals surface area contributed by atoms with Gasteiger partial charge in [-0.3, -0.25) is 33.3 Å². The second-order valence-electron chi connectivity index (χ2n) is 37.1. The molecule has 0 aromatic heterocycles. The Bertz CT molecular complexity index is 2620. The molecule has 0 spiro atoms. The van der Waals surface area contributed by atoms with Gasteiger partial charge in [-0.15, -0.1) is 0 Å². The summed E-state index contributed by atoms with van der Waals surface area (Å²) < 4.78 is 61.6. The van der Waals surface area contributed by atoms with E-state index in [1.54, 1.807) is 0 Å². The number of carbonyl (C=O) groups is 6. The van der Waals surface area contributed by atoms with E-state index < -0.39 is 162 Å². The lowest BCUT2D eigenvalue weighted by Crippen LogP contribution is -2.68. The van der Waals surface area contributed by atoms with E-state index in [0.717, 1.165) is 205 Å². The molecule has 24 nitrogen and oxygen atoms in total. The number of aliphatic hydroxyl groups excluding tert-OH is 5. The number of hydrogen-bond acceptors (Lipinski definition) is 20. The third-order valence-electron chi connectivity index (χ3n) is 25.1. The quantitative estimate of drug-likeness (QED) is 0.0118. The van der Waals surface area contributed by atoms with Gasteiger partial charge in [0.25, 0.3) is 0 Å². The zero-order valence-electron chi connectivity index (χ0n) is 80.1. The van der Waals surface area contributed by atoms with E-state index in [2.05, 4.69) is 52.2 Å². The third kappa shape index (κ3) is 64.2. The zero-order chi connectivity index (χ0) is 91.4.